The number of benzene rings is 1. The molecule has 0 fully saturated rings. The lowest BCUT2D eigenvalue weighted by molar-refractivity contribution is 0.553. The molecule has 0 amide bonds. The highest BCUT2D eigenvalue weighted by atomic mass is 19.1. The van der Waals surface area contributed by atoms with E-state index >= 15 is 0 Å². The minimum Gasteiger partial charge on any atom is -0.324 e. The van der Waals surface area contributed by atoms with Crippen molar-refractivity contribution in [3.05, 3.63) is 54.0 Å². The van der Waals surface area contributed by atoms with Crippen LogP contribution in [0.15, 0.2) is 42.7 Å². The quantitative estimate of drug-likeness (QED) is 0.579. The second-order valence-corrected chi connectivity index (χ2v) is 3.47. The summed E-state index contributed by atoms with van der Waals surface area (Å²) in [6, 6.07) is 6.44. The number of nitrogens with two attached hydrogens (primary N) is 1. The molecule has 0 saturated heterocycles. The molecule has 2 N–H and O–H groups in total. The predicted molar refractivity (Wildman–Crippen MR) is 60.9 cm³/mol. The Balaban J connectivity index is 2.50. The van der Waals surface area contributed by atoms with Crippen molar-refractivity contribution in [3.8, 4) is 0 Å². The monoisotopic (exact) mass is 205 g/mol. The summed E-state index contributed by atoms with van der Waals surface area (Å²) in [4.78, 5) is 0. The van der Waals surface area contributed by atoms with Gasteiger partial charge in [0, 0.05) is 11.6 Å². The molecule has 2 heteroatoms. The van der Waals surface area contributed by atoms with Gasteiger partial charge in [-0.2, -0.15) is 0 Å². The molecule has 15 heavy (non-hydrogen) atoms. The first-order valence-electron chi connectivity index (χ1n) is 5.10. The van der Waals surface area contributed by atoms with Gasteiger partial charge in [-0.05, 0) is 31.4 Å². The summed E-state index contributed by atoms with van der Waals surface area (Å²) in [5.74, 6) is -0.218. The molecule has 0 spiro atoms. The Hall–Kier alpha value is -1.37. The molecular formula is C13H16FN. The van der Waals surface area contributed by atoms with Crippen LogP contribution in [-0.2, 0) is 0 Å². The van der Waals surface area contributed by atoms with E-state index < -0.39 is 0 Å². The zero-order valence-electron chi connectivity index (χ0n) is 8.75. The van der Waals surface area contributed by atoms with E-state index in [1.807, 2.05) is 12.1 Å². The molecule has 0 saturated carbocycles. The first-order chi connectivity index (χ1) is 7.25. The van der Waals surface area contributed by atoms with Gasteiger partial charge in [0.1, 0.15) is 5.82 Å². The number of hydrogen-bond acceptors (Lipinski definition) is 1. The van der Waals surface area contributed by atoms with E-state index in [4.69, 9.17) is 5.73 Å². The van der Waals surface area contributed by atoms with E-state index in [2.05, 4.69) is 12.3 Å². The lowest BCUT2D eigenvalue weighted by Crippen LogP contribution is -2.11. The molecule has 80 valence electrons. The van der Waals surface area contributed by atoms with Crippen molar-refractivity contribution in [1.29, 1.82) is 0 Å². The van der Waals surface area contributed by atoms with Gasteiger partial charge in [-0.25, -0.2) is 4.39 Å². The van der Waals surface area contributed by atoms with Gasteiger partial charge in [-0.3, -0.25) is 0 Å². The molecule has 0 aliphatic rings. The van der Waals surface area contributed by atoms with Crippen LogP contribution in [0.2, 0.25) is 0 Å². The van der Waals surface area contributed by atoms with Crippen LogP contribution in [0, 0.1) is 5.82 Å². The summed E-state index contributed by atoms with van der Waals surface area (Å²) in [6.07, 6.45) is 4.47. The first kappa shape index (κ1) is 11.7. The van der Waals surface area contributed by atoms with E-state index in [0.717, 1.165) is 19.3 Å². The smallest absolute Gasteiger partial charge is 0.127 e. The van der Waals surface area contributed by atoms with E-state index in [-0.39, 0.29) is 11.9 Å². The zero-order valence-corrected chi connectivity index (χ0v) is 8.75. The van der Waals surface area contributed by atoms with Crippen LogP contribution in [0.5, 0.6) is 0 Å². The summed E-state index contributed by atoms with van der Waals surface area (Å²) >= 11 is 0. The Labute approximate surface area is 90.1 Å². The van der Waals surface area contributed by atoms with Crippen molar-refractivity contribution in [2.24, 2.45) is 5.73 Å². The zero-order chi connectivity index (χ0) is 11.1. The average molecular weight is 205 g/mol. The Bertz CT molecular complexity index is 353. The van der Waals surface area contributed by atoms with Gasteiger partial charge in [-0.15, -0.1) is 5.73 Å². The summed E-state index contributed by atoms with van der Waals surface area (Å²) in [5, 5.41) is 0. The highest BCUT2D eigenvalue weighted by molar-refractivity contribution is 5.20. The third-order valence-corrected chi connectivity index (χ3v) is 2.31. The first-order valence-corrected chi connectivity index (χ1v) is 5.10. The molecule has 1 nitrogen and oxygen atoms in total. The second kappa shape index (κ2) is 6.18. The maximum absolute atomic E-state index is 13.3. The van der Waals surface area contributed by atoms with E-state index in [1.54, 1.807) is 12.1 Å². The largest absolute Gasteiger partial charge is 0.324 e. The van der Waals surface area contributed by atoms with E-state index in [1.165, 1.54) is 6.07 Å². The molecule has 0 bridgehead atoms. The van der Waals surface area contributed by atoms with Gasteiger partial charge < -0.3 is 5.73 Å². The van der Waals surface area contributed by atoms with Gasteiger partial charge in [0.05, 0.1) is 0 Å². The standard InChI is InChI=1S/C13H16FN/c1-2-3-4-5-10-13(15)11-8-6-7-9-12(11)14/h3,6-9,13H,1,4-5,10,15H2. The molecule has 0 radical (unpaired) electrons. The molecule has 1 aromatic carbocycles. The Morgan fingerprint density at radius 1 is 1.47 bits per heavy atom. The third-order valence-electron chi connectivity index (χ3n) is 2.31. The molecule has 1 aromatic rings. The topological polar surface area (TPSA) is 26.0 Å². The number of unbranched alkanes of at least 4 members (excludes halogenated alkanes) is 1. The molecule has 1 rings (SSSR count). The molecule has 1 atom stereocenters. The Morgan fingerprint density at radius 2 is 2.20 bits per heavy atom. The SMILES string of the molecule is C=C=CCCCC(N)c1ccccc1F. The fourth-order valence-corrected chi connectivity index (χ4v) is 1.47. The van der Waals surface area contributed by atoms with Gasteiger partial charge >= 0.3 is 0 Å². The molecule has 0 aliphatic carbocycles. The second-order valence-electron chi connectivity index (χ2n) is 3.47. The van der Waals surface area contributed by atoms with Crippen molar-refractivity contribution in [1.82, 2.24) is 0 Å². The fourth-order valence-electron chi connectivity index (χ4n) is 1.47. The highest BCUT2D eigenvalue weighted by Crippen LogP contribution is 2.19. The van der Waals surface area contributed by atoms with E-state index in [0.29, 0.717) is 5.56 Å². The van der Waals surface area contributed by atoms with Crippen LogP contribution in [-0.4, -0.2) is 0 Å². The third kappa shape index (κ3) is 3.70. The van der Waals surface area contributed by atoms with Crippen LogP contribution < -0.4 is 5.73 Å². The van der Waals surface area contributed by atoms with Crippen LogP contribution >= 0.6 is 0 Å². The summed E-state index contributed by atoms with van der Waals surface area (Å²) < 4.78 is 13.3. The van der Waals surface area contributed by atoms with Crippen molar-refractivity contribution >= 4 is 0 Å². The van der Waals surface area contributed by atoms with Crippen molar-refractivity contribution < 1.29 is 4.39 Å². The van der Waals surface area contributed by atoms with Crippen molar-refractivity contribution in [3.63, 3.8) is 0 Å². The Morgan fingerprint density at radius 3 is 2.87 bits per heavy atom. The lowest BCUT2D eigenvalue weighted by atomic mass is 10.0. The molecule has 0 aromatic heterocycles. The van der Waals surface area contributed by atoms with Crippen LogP contribution in [0.3, 0.4) is 0 Å². The Kier molecular flexibility index (Phi) is 4.82. The molecular weight excluding hydrogens is 189 g/mol. The fraction of sp³-hybridized carbons (Fsp3) is 0.308. The van der Waals surface area contributed by atoms with Crippen LogP contribution in [0.25, 0.3) is 0 Å². The number of hydrogen-bond donors (Lipinski definition) is 1. The normalized spacial score (nSPS) is 11.9. The van der Waals surface area contributed by atoms with E-state index in [9.17, 15) is 4.39 Å². The molecule has 0 aliphatic heterocycles. The van der Waals surface area contributed by atoms with Crippen molar-refractivity contribution in [2.75, 3.05) is 0 Å². The maximum atomic E-state index is 13.3. The summed E-state index contributed by atoms with van der Waals surface area (Å²) in [6.45, 7) is 3.48. The lowest BCUT2D eigenvalue weighted by Gasteiger charge is -2.11. The molecule has 1 unspecified atom stereocenters. The van der Waals surface area contributed by atoms with Crippen LogP contribution in [0.1, 0.15) is 30.9 Å². The maximum Gasteiger partial charge on any atom is 0.127 e. The average Bonchev–Trinajstić information content (AvgIpc) is 2.25. The predicted octanol–water partition coefficient (Wildman–Crippen LogP) is 3.34. The van der Waals surface area contributed by atoms with Crippen LogP contribution in [0.4, 0.5) is 4.39 Å². The number of allylic oxidation sites excluding steroid dienone is 1. The van der Waals surface area contributed by atoms with Gasteiger partial charge in [-0.1, -0.05) is 24.8 Å². The minimum atomic E-state index is -0.218. The number of halogens is 1. The minimum absolute atomic E-state index is 0.218. The summed E-state index contributed by atoms with van der Waals surface area (Å²) in [5.41, 5.74) is 9.19. The summed E-state index contributed by atoms with van der Waals surface area (Å²) in [7, 11) is 0. The van der Waals surface area contributed by atoms with Crippen molar-refractivity contribution in [2.45, 2.75) is 25.3 Å². The highest BCUT2D eigenvalue weighted by Gasteiger charge is 2.09. The number of rotatable bonds is 5. The van der Waals surface area contributed by atoms with Gasteiger partial charge in [0.25, 0.3) is 0 Å². The van der Waals surface area contributed by atoms with Gasteiger partial charge in [0.2, 0.25) is 0 Å². The van der Waals surface area contributed by atoms with Gasteiger partial charge in [0.15, 0.2) is 0 Å². The molecule has 0 heterocycles.